The van der Waals surface area contributed by atoms with Gasteiger partial charge in [-0.1, -0.05) is 24.3 Å². The molecule has 1 aromatic heterocycles. The molecular formula is C16H19N3OS. The van der Waals surface area contributed by atoms with Crippen LogP contribution in [0.4, 0.5) is 0 Å². The second-order valence-corrected chi connectivity index (χ2v) is 6.29. The van der Waals surface area contributed by atoms with Crippen LogP contribution in [0.1, 0.15) is 45.5 Å². The Morgan fingerprint density at radius 3 is 3.00 bits per heavy atom. The predicted octanol–water partition coefficient (Wildman–Crippen LogP) is 2.89. The number of hydrogen-bond donors (Lipinski definition) is 1. The van der Waals surface area contributed by atoms with Crippen LogP contribution in [0, 0.1) is 6.92 Å². The van der Waals surface area contributed by atoms with Crippen LogP contribution in [-0.4, -0.2) is 22.3 Å². The Hall–Kier alpha value is -1.72. The van der Waals surface area contributed by atoms with E-state index in [1.54, 1.807) is 0 Å². The van der Waals surface area contributed by atoms with E-state index in [9.17, 15) is 4.79 Å². The van der Waals surface area contributed by atoms with Crippen molar-refractivity contribution in [2.24, 2.45) is 5.73 Å². The molecular weight excluding hydrogens is 282 g/mol. The molecule has 0 spiro atoms. The second kappa shape index (κ2) is 5.95. The maximum absolute atomic E-state index is 12.7. The highest BCUT2D eigenvalue weighted by Crippen LogP contribution is 2.34. The zero-order chi connectivity index (χ0) is 14.8. The van der Waals surface area contributed by atoms with E-state index >= 15 is 0 Å². The quantitative estimate of drug-likeness (QED) is 0.948. The summed E-state index contributed by atoms with van der Waals surface area (Å²) in [4.78, 5) is 19.0. The molecule has 5 heteroatoms. The van der Waals surface area contributed by atoms with Crippen molar-refractivity contribution in [2.75, 3.05) is 6.54 Å². The van der Waals surface area contributed by atoms with Crippen molar-refractivity contribution in [3.63, 3.8) is 0 Å². The molecule has 0 aliphatic carbocycles. The fourth-order valence-corrected chi connectivity index (χ4v) is 3.59. The minimum absolute atomic E-state index is 0.0247. The molecule has 4 nitrogen and oxygen atoms in total. The number of nitrogens with two attached hydrogens (primary N) is 1. The summed E-state index contributed by atoms with van der Waals surface area (Å²) in [5.74, 6) is 0.0247. The summed E-state index contributed by atoms with van der Waals surface area (Å²) in [6.45, 7) is 3.29. The van der Waals surface area contributed by atoms with Crippen LogP contribution in [0.3, 0.4) is 0 Å². The summed E-state index contributed by atoms with van der Waals surface area (Å²) in [6.07, 6.45) is 2.06. The molecule has 3 rings (SSSR count). The fourth-order valence-electron chi connectivity index (χ4n) is 2.94. The first-order valence-corrected chi connectivity index (χ1v) is 8.09. The Balaban J connectivity index is 1.87. The first kappa shape index (κ1) is 14.2. The number of aryl methyl sites for hydroxylation is 1. The van der Waals surface area contributed by atoms with Gasteiger partial charge in [-0.3, -0.25) is 4.79 Å². The maximum Gasteiger partial charge on any atom is 0.273 e. The van der Waals surface area contributed by atoms with Gasteiger partial charge in [0.2, 0.25) is 0 Å². The molecule has 0 bridgehead atoms. The average molecular weight is 301 g/mol. The Morgan fingerprint density at radius 1 is 1.48 bits per heavy atom. The highest BCUT2D eigenvalue weighted by molar-refractivity contribution is 7.09. The predicted molar refractivity (Wildman–Crippen MR) is 84.2 cm³/mol. The molecule has 1 aromatic carbocycles. The first-order chi connectivity index (χ1) is 10.2. The normalized spacial score (nSPS) is 18.2. The van der Waals surface area contributed by atoms with Crippen LogP contribution in [0.15, 0.2) is 29.6 Å². The van der Waals surface area contributed by atoms with E-state index in [1.165, 1.54) is 22.5 Å². The van der Waals surface area contributed by atoms with E-state index in [1.807, 2.05) is 22.4 Å². The largest absolute Gasteiger partial charge is 0.330 e. The summed E-state index contributed by atoms with van der Waals surface area (Å²) >= 11 is 1.45. The number of carbonyl (C=O) groups excluding carboxylic acids is 1. The van der Waals surface area contributed by atoms with Gasteiger partial charge in [-0.25, -0.2) is 4.98 Å². The average Bonchev–Trinajstić information content (AvgIpc) is 3.16. The number of hydrogen-bond acceptors (Lipinski definition) is 4. The highest BCUT2D eigenvalue weighted by atomic mass is 32.1. The molecule has 2 heterocycles. The van der Waals surface area contributed by atoms with Crippen molar-refractivity contribution in [1.29, 1.82) is 0 Å². The monoisotopic (exact) mass is 301 g/mol. The molecule has 1 aliphatic heterocycles. The van der Waals surface area contributed by atoms with Crippen LogP contribution in [-0.2, 0) is 6.54 Å². The van der Waals surface area contributed by atoms with Gasteiger partial charge in [0, 0.05) is 18.5 Å². The minimum atomic E-state index is 0.0247. The third-order valence-corrected chi connectivity index (χ3v) is 4.88. The van der Waals surface area contributed by atoms with Gasteiger partial charge in [-0.05, 0) is 30.9 Å². The lowest BCUT2D eigenvalue weighted by atomic mass is 9.99. The van der Waals surface area contributed by atoms with Crippen molar-refractivity contribution in [3.8, 4) is 0 Å². The number of carbonyl (C=O) groups is 1. The number of amides is 1. The van der Waals surface area contributed by atoms with Crippen LogP contribution in [0.25, 0.3) is 0 Å². The number of rotatable bonds is 3. The number of thiazole rings is 1. The lowest BCUT2D eigenvalue weighted by Crippen LogP contribution is -2.31. The van der Waals surface area contributed by atoms with Crippen molar-refractivity contribution in [3.05, 3.63) is 51.5 Å². The SMILES string of the molecule is Cc1ccccc1[C@@H]1CCCN1C(=O)c1csc(CN)n1. The van der Waals surface area contributed by atoms with E-state index in [0.717, 1.165) is 24.4 Å². The molecule has 0 radical (unpaired) electrons. The van der Waals surface area contributed by atoms with E-state index < -0.39 is 0 Å². The Labute approximate surface area is 128 Å². The zero-order valence-corrected chi connectivity index (χ0v) is 12.9. The van der Waals surface area contributed by atoms with Gasteiger partial charge in [0.05, 0.1) is 6.04 Å². The summed E-state index contributed by atoms with van der Waals surface area (Å²) in [5.41, 5.74) is 8.59. The third-order valence-electron chi connectivity index (χ3n) is 4.01. The second-order valence-electron chi connectivity index (χ2n) is 5.34. The fraction of sp³-hybridized carbons (Fsp3) is 0.375. The highest BCUT2D eigenvalue weighted by Gasteiger charge is 2.32. The van der Waals surface area contributed by atoms with Crippen molar-refractivity contribution >= 4 is 17.2 Å². The molecule has 21 heavy (non-hydrogen) atoms. The van der Waals surface area contributed by atoms with Gasteiger partial charge < -0.3 is 10.6 Å². The molecule has 1 fully saturated rings. The minimum Gasteiger partial charge on any atom is -0.330 e. The number of aromatic nitrogens is 1. The maximum atomic E-state index is 12.7. The molecule has 2 N–H and O–H groups in total. The standard InChI is InChI=1S/C16H19N3OS/c1-11-5-2-3-6-12(11)14-7-4-8-19(14)16(20)13-10-21-15(9-17)18-13/h2-3,5-6,10,14H,4,7-9,17H2,1H3/t14-/m0/s1. The molecule has 2 aromatic rings. The lowest BCUT2D eigenvalue weighted by molar-refractivity contribution is 0.0730. The van der Waals surface area contributed by atoms with E-state index in [-0.39, 0.29) is 11.9 Å². The van der Waals surface area contributed by atoms with Gasteiger partial charge in [-0.2, -0.15) is 0 Å². The molecule has 1 atom stereocenters. The Morgan fingerprint density at radius 2 is 2.29 bits per heavy atom. The van der Waals surface area contributed by atoms with Gasteiger partial charge in [0.15, 0.2) is 0 Å². The molecule has 110 valence electrons. The van der Waals surface area contributed by atoms with Gasteiger partial charge in [0.1, 0.15) is 10.7 Å². The lowest BCUT2D eigenvalue weighted by Gasteiger charge is -2.25. The van der Waals surface area contributed by atoms with Crippen molar-refractivity contribution in [2.45, 2.75) is 32.4 Å². The number of likely N-dealkylation sites (tertiary alicyclic amines) is 1. The summed E-state index contributed by atoms with van der Waals surface area (Å²) in [5, 5.41) is 2.63. The van der Waals surface area contributed by atoms with Gasteiger partial charge >= 0.3 is 0 Å². The summed E-state index contributed by atoms with van der Waals surface area (Å²) < 4.78 is 0. The van der Waals surface area contributed by atoms with Gasteiger partial charge in [0.25, 0.3) is 5.91 Å². The summed E-state index contributed by atoms with van der Waals surface area (Å²) in [7, 11) is 0. The van der Waals surface area contributed by atoms with Crippen LogP contribution < -0.4 is 5.73 Å². The van der Waals surface area contributed by atoms with Crippen molar-refractivity contribution in [1.82, 2.24) is 9.88 Å². The van der Waals surface area contributed by atoms with Crippen LogP contribution >= 0.6 is 11.3 Å². The Bertz CT molecular complexity index is 652. The van der Waals surface area contributed by atoms with E-state index in [0.29, 0.717) is 12.2 Å². The number of nitrogens with zero attached hydrogens (tertiary/aromatic N) is 2. The molecule has 1 saturated heterocycles. The Kier molecular flexibility index (Phi) is 4.03. The molecule has 1 aliphatic rings. The van der Waals surface area contributed by atoms with Crippen LogP contribution in [0.2, 0.25) is 0 Å². The van der Waals surface area contributed by atoms with Gasteiger partial charge in [-0.15, -0.1) is 11.3 Å². The van der Waals surface area contributed by atoms with Crippen molar-refractivity contribution < 1.29 is 4.79 Å². The first-order valence-electron chi connectivity index (χ1n) is 7.21. The molecule has 0 saturated carbocycles. The smallest absolute Gasteiger partial charge is 0.273 e. The zero-order valence-electron chi connectivity index (χ0n) is 12.1. The number of benzene rings is 1. The summed E-state index contributed by atoms with van der Waals surface area (Å²) in [6, 6.07) is 8.47. The molecule has 0 unspecified atom stereocenters. The van der Waals surface area contributed by atoms with Crippen LogP contribution in [0.5, 0.6) is 0 Å². The van der Waals surface area contributed by atoms with E-state index in [2.05, 4.69) is 24.0 Å². The third kappa shape index (κ3) is 2.71. The molecule has 1 amide bonds. The topological polar surface area (TPSA) is 59.2 Å². The van der Waals surface area contributed by atoms with E-state index in [4.69, 9.17) is 5.73 Å².